The molecule has 98 valence electrons. The van der Waals surface area contributed by atoms with Gasteiger partial charge in [0.1, 0.15) is 17.1 Å². The minimum absolute atomic E-state index is 0.127. The van der Waals surface area contributed by atoms with E-state index in [2.05, 4.69) is 24.9 Å². The van der Waals surface area contributed by atoms with Crippen molar-refractivity contribution in [3.8, 4) is 17.0 Å². The molecule has 0 fully saturated rings. The van der Waals surface area contributed by atoms with Gasteiger partial charge in [-0.05, 0) is 41.4 Å². The Bertz CT molecular complexity index is 914. The Morgan fingerprint density at radius 2 is 1.70 bits per heavy atom. The molecule has 1 aliphatic rings. The molecule has 2 aromatic heterocycles. The van der Waals surface area contributed by atoms with Gasteiger partial charge in [0.15, 0.2) is 0 Å². The van der Waals surface area contributed by atoms with Gasteiger partial charge in [-0.1, -0.05) is 0 Å². The molecule has 7 heteroatoms. The first kappa shape index (κ1) is 11.0. The Balaban J connectivity index is 2.14. The van der Waals surface area contributed by atoms with Crippen LogP contribution in [-0.2, 0) is 0 Å². The van der Waals surface area contributed by atoms with Gasteiger partial charge < -0.3 is 5.11 Å². The van der Waals surface area contributed by atoms with Crippen LogP contribution in [0, 0.1) is 13.8 Å². The predicted octanol–water partition coefficient (Wildman–Crippen LogP) is 1.55. The number of nitrogens with zero attached hydrogens (tertiary/aromatic N) is 4. The lowest BCUT2D eigenvalue weighted by atomic mass is 9.97. The van der Waals surface area contributed by atoms with Crippen LogP contribution >= 0.6 is 0 Å². The minimum Gasteiger partial charge on any atom is -0.508 e. The molecule has 0 amide bonds. The Morgan fingerprint density at radius 1 is 1.05 bits per heavy atom. The monoisotopic (exact) mass is 268 g/mol. The van der Waals surface area contributed by atoms with Crippen LogP contribution < -0.4 is 0 Å². The summed E-state index contributed by atoms with van der Waals surface area (Å²) >= 11 is 0. The van der Waals surface area contributed by atoms with Gasteiger partial charge in [-0.15, -0.1) is 0 Å². The van der Waals surface area contributed by atoms with E-state index in [1.54, 1.807) is 13.8 Å². The number of rotatable bonds is 0. The molecule has 0 saturated carbocycles. The van der Waals surface area contributed by atoms with Crippen molar-refractivity contribution in [2.24, 2.45) is 0 Å². The van der Waals surface area contributed by atoms with Crippen LogP contribution in [0.25, 0.3) is 22.6 Å². The van der Waals surface area contributed by atoms with Crippen molar-refractivity contribution >= 4 is 17.1 Å². The number of hydrogen-bond acceptors (Lipinski definition) is 7. The summed E-state index contributed by atoms with van der Waals surface area (Å²) in [5.74, 6) is -0.0879. The number of phenols is 1. The standard InChI is InChI=1S/C13H8N4O3/c1-4-5(2)8-6(3-7(4)18)9-10(11(8)19)15-13-12(14-9)16-20-17-13/h3,18H,1-2H3. The fourth-order valence-electron chi connectivity index (χ4n) is 2.48. The largest absolute Gasteiger partial charge is 0.508 e. The molecule has 0 saturated heterocycles. The minimum atomic E-state index is -0.215. The zero-order valence-electron chi connectivity index (χ0n) is 10.6. The Kier molecular flexibility index (Phi) is 1.87. The molecule has 0 spiro atoms. The van der Waals surface area contributed by atoms with Crippen LogP contribution in [0.4, 0.5) is 0 Å². The van der Waals surface area contributed by atoms with E-state index in [9.17, 15) is 9.90 Å². The highest BCUT2D eigenvalue weighted by atomic mass is 16.6. The number of carbonyl (C=O) groups is 1. The van der Waals surface area contributed by atoms with Gasteiger partial charge in [0.05, 0.1) is 0 Å². The molecular weight excluding hydrogens is 260 g/mol. The summed E-state index contributed by atoms with van der Waals surface area (Å²) in [4.78, 5) is 20.9. The first-order valence-electron chi connectivity index (χ1n) is 5.96. The lowest BCUT2D eigenvalue weighted by molar-refractivity contribution is 0.103. The van der Waals surface area contributed by atoms with Crippen molar-refractivity contribution in [2.45, 2.75) is 13.8 Å². The molecule has 1 aromatic carbocycles. The van der Waals surface area contributed by atoms with Gasteiger partial charge in [-0.2, -0.15) is 0 Å². The van der Waals surface area contributed by atoms with E-state index in [1.807, 2.05) is 0 Å². The normalized spacial score (nSPS) is 12.8. The molecule has 3 aromatic rings. The van der Waals surface area contributed by atoms with Gasteiger partial charge in [0.25, 0.3) is 0 Å². The van der Waals surface area contributed by atoms with Crippen LogP contribution in [0.2, 0.25) is 0 Å². The second-order valence-electron chi connectivity index (χ2n) is 4.73. The van der Waals surface area contributed by atoms with Crippen molar-refractivity contribution in [1.82, 2.24) is 20.3 Å². The fourth-order valence-corrected chi connectivity index (χ4v) is 2.48. The van der Waals surface area contributed by atoms with Crippen molar-refractivity contribution < 1.29 is 14.5 Å². The molecule has 20 heavy (non-hydrogen) atoms. The second-order valence-corrected chi connectivity index (χ2v) is 4.73. The quantitative estimate of drug-likeness (QED) is 0.516. The lowest BCUT2D eigenvalue weighted by Crippen LogP contribution is -2.02. The van der Waals surface area contributed by atoms with E-state index in [-0.39, 0.29) is 28.5 Å². The van der Waals surface area contributed by atoms with Gasteiger partial charge >= 0.3 is 0 Å². The molecule has 2 heterocycles. The molecule has 7 nitrogen and oxygen atoms in total. The van der Waals surface area contributed by atoms with E-state index in [1.165, 1.54) is 6.07 Å². The summed E-state index contributed by atoms with van der Waals surface area (Å²) in [5.41, 5.74) is 3.57. The third-order valence-electron chi connectivity index (χ3n) is 3.68. The maximum atomic E-state index is 12.5. The number of aromatic nitrogens is 4. The van der Waals surface area contributed by atoms with E-state index < -0.39 is 0 Å². The SMILES string of the molecule is Cc1c(O)cc2c(c1C)C(=O)c1nc3nonc3nc1-2. The Labute approximate surface area is 112 Å². The number of ketones is 1. The number of fused-ring (bicyclic) bond motifs is 4. The number of carbonyl (C=O) groups excluding carboxylic acids is 1. The summed E-state index contributed by atoms with van der Waals surface area (Å²) in [7, 11) is 0. The highest BCUT2D eigenvalue weighted by molar-refractivity contribution is 6.21. The summed E-state index contributed by atoms with van der Waals surface area (Å²) in [5, 5.41) is 17.2. The average Bonchev–Trinajstić information content (AvgIpc) is 2.98. The number of benzene rings is 1. The smallest absolute Gasteiger partial charge is 0.244 e. The van der Waals surface area contributed by atoms with Gasteiger partial charge in [-0.25, -0.2) is 14.6 Å². The van der Waals surface area contributed by atoms with Crippen molar-refractivity contribution in [3.63, 3.8) is 0 Å². The molecule has 1 aliphatic carbocycles. The number of aromatic hydroxyl groups is 1. The van der Waals surface area contributed by atoms with Crippen LogP contribution in [0.3, 0.4) is 0 Å². The fraction of sp³-hybridized carbons (Fsp3) is 0.154. The van der Waals surface area contributed by atoms with E-state index in [0.717, 1.165) is 5.56 Å². The first-order chi connectivity index (χ1) is 9.58. The first-order valence-corrected chi connectivity index (χ1v) is 5.96. The molecule has 0 radical (unpaired) electrons. The molecular formula is C13H8N4O3. The molecule has 0 unspecified atom stereocenters. The van der Waals surface area contributed by atoms with E-state index in [0.29, 0.717) is 22.4 Å². The van der Waals surface area contributed by atoms with Crippen molar-refractivity contribution in [2.75, 3.05) is 0 Å². The maximum absolute atomic E-state index is 12.5. The van der Waals surface area contributed by atoms with Gasteiger partial charge in [0, 0.05) is 11.1 Å². The van der Waals surface area contributed by atoms with E-state index in [4.69, 9.17) is 0 Å². The number of phenolic OH excluding ortho intramolecular Hbond substituents is 1. The summed E-state index contributed by atoms with van der Waals surface area (Å²) in [6.07, 6.45) is 0. The predicted molar refractivity (Wildman–Crippen MR) is 67.4 cm³/mol. The third-order valence-corrected chi connectivity index (χ3v) is 3.68. The molecule has 0 atom stereocenters. The van der Waals surface area contributed by atoms with Crippen LogP contribution in [0.15, 0.2) is 10.7 Å². The van der Waals surface area contributed by atoms with Gasteiger partial charge in [0.2, 0.25) is 17.1 Å². The summed E-state index contributed by atoms with van der Waals surface area (Å²) in [6.45, 7) is 3.56. The lowest BCUT2D eigenvalue weighted by Gasteiger charge is -2.08. The molecule has 1 N–H and O–H groups in total. The van der Waals surface area contributed by atoms with E-state index >= 15 is 0 Å². The van der Waals surface area contributed by atoms with Crippen molar-refractivity contribution in [3.05, 3.63) is 28.5 Å². The second kappa shape index (κ2) is 3.38. The number of hydrogen-bond donors (Lipinski definition) is 1. The zero-order valence-corrected chi connectivity index (χ0v) is 10.6. The molecule has 4 rings (SSSR count). The molecule has 0 aliphatic heterocycles. The summed E-state index contributed by atoms with van der Waals surface area (Å²) < 4.78 is 4.55. The van der Waals surface area contributed by atoms with Crippen molar-refractivity contribution in [1.29, 1.82) is 0 Å². The topological polar surface area (TPSA) is 102 Å². The zero-order chi connectivity index (χ0) is 14.0. The average molecular weight is 268 g/mol. The highest BCUT2D eigenvalue weighted by Gasteiger charge is 2.33. The maximum Gasteiger partial charge on any atom is 0.244 e. The summed E-state index contributed by atoms with van der Waals surface area (Å²) in [6, 6.07) is 1.54. The van der Waals surface area contributed by atoms with Crippen LogP contribution in [0.5, 0.6) is 5.75 Å². The molecule has 0 bridgehead atoms. The van der Waals surface area contributed by atoms with Crippen LogP contribution in [0.1, 0.15) is 27.2 Å². The highest BCUT2D eigenvalue weighted by Crippen LogP contribution is 2.40. The van der Waals surface area contributed by atoms with Gasteiger partial charge in [-0.3, -0.25) is 4.79 Å². The Morgan fingerprint density at radius 3 is 2.40 bits per heavy atom. The van der Waals surface area contributed by atoms with Crippen LogP contribution in [-0.4, -0.2) is 31.2 Å². The Hall–Kier alpha value is -2.83. The third kappa shape index (κ3) is 1.16.